The number of methoxy groups -OCH3 is 1. The number of anilines is 2. The average Bonchev–Trinajstić information content (AvgIpc) is 3.51. The van der Waals surface area contributed by atoms with E-state index in [1.165, 1.54) is 18.5 Å². The van der Waals surface area contributed by atoms with Crippen LogP contribution < -0.4 is 15.8 Å². The van der Waals surface area contributed by atoms with Crippen LogP contribution in [0.5, 0.6) is 5.75 Å². The van der Waals surface area contributed by atoms with E-state index in [4.69, 9.17) is 15.5 Å². The molecule has 1 atom stereocenters. The second kappa shape index (κ2) is 6.93. The molecular weight excluding hydrogens is 359 g/mol. The zero-order chi connectivity index (χ0) is 19.8. The number of nitrogens with one attached hydrogen (secondary N) is 1. The lowest BCUT2D eigenvalue weighted by molar-refractivity contribution is 0.413. The van der Waals surface area contributed by atoms with E-state index >= 15 is 0 Å². The molecule has 0 radical (unpaired) electrons. The van der Waals surface area contributed by atoms with E-state index in [0.29, 0.717) is 28.4 Å². The van der Waals surface area contributed by atoms with E-state index in [1.807, 2.05) is 13.0 Å². The molecule has 1 aliphatic rings. The monoisotopic (exact) mass is 378 g/mol. The molecule has 3 N–H and O–H groups in total. The fourth-order valence-electron chi connectivity index (χ4n) is 3.45. The van der Waals surface area contributed by atoms with Gasteiger partial charge >= 0.3 is 0 Å². The minimum absolute atomic E-state index is 0.120. The van der Waals surface area contributed by atoms with Crippen LogP contribution in [0.15, 0.2) is 24.5 Å². The van der Waals surface area contributed by atoms with Crippen molar-refractivity contribution in [2.75, 3.05) is 18.2 Å². The number of nitrogens with two attached hydrogens (primary N) is 1. The smallest absolute Gasteiger partial charge is 0.150 e. The zero-order valence-corrected chi connectivity index (χ0v) is 15.5. The van der Waals surface area contributed by atoms with Gasteiger partial charge < -0.3 is 15.8 Å². The van der Waals surface area contributed by atoms with Gasteiger partial charge in [-0.15, -0.1) is 0 Å². The second-order valence-corrected chi connectivity index (χ2v) is 6.84. The van der Waals surface area contributed by atoms with Crippen molar-refractivity contribution in [1.29, 1.82) is 5.26 Å². The average molecular weight is 378 g/mol. The van der Waals surface area contributed by atoms with Crippen molar-refractivity contribution in [2.45, 2.75) is 31.7 Å². The van der Waals surface area contributed by atoms with E-state index in [-0.39, 0.29) is 23.2 Å². The number of hydrogen-bond donors (Lipinski definition) is 2. The molecule has 8 heteroatoms. The fourth-order valence-corrected chi connectivity index (χ4v) is 3.45. The van der Waals surface area contributed by atoms with Crippen molar-refractivity contribution in [3.63, 3.8) is 0 Å². The van der Waals surface area contributed by atoms with Crippen molar-refractivity contribution in [3.05, 3.63) is 47.2 Å². The predicted molar refractivity (Wildman–Crippen MR) is 103 cm³/mol. The van der Waals surface area contributed by atoms with Crippen molar-refractivity contribution in [3.8, 4) is 11.8 Å². The number of nitrogens with zero attached hydrogens (tertiary/aromatic N) is 4. The molecule has 1 aromatic carbocycles. The Balaban J connectivity index is 1.84. The summed E-state index contributed by atoms with van der Waals surface area (Å²) in [6, 6.07) is 6.23. The Kier molecular flexibility index (Phi) is 4.43. The highest BCUT2D eigenvalue weighted by Crippen LogP contribution is 2.49. The maximum absolute atomic E-state index is 13.8. The Hall–Kier alpha value is -3.47. The first kappa shape index (κ1) is 17.9. The number of hydrogen-bond acceptors (Lipinski definition) is 7. The maximum atomic E-state index is 13.8. The highest BCUT2D eigenvalue weighted by Gasteiger charge is 2.33. The minimum Gasteiger partial charge on any atom is -0.496 e. The van der Waals surface area contributed by atoms with E-state index in [0.717, 1.165) is 24.1 Å². The molecule has 2 heterocycles. The molecule has 7 nitrogen and oxygen atoms in total. The summed E-state index contributed by atoms with van der Waals surface area (Å²) in [4.78, 5) is 12.8. The van der Waals surface area contributed by atoms with Crippen molar-refractivity contribution in [1.82, 2.24) is 15.0 Å². The molecule has 2 aromatic heterocycles. The van der Waals surface area contributed by atoms with Gasteiger partial charge in [0.2, 0.25) is 0 Å². The second-order valence-electron chi connectivity index (χ2n) is 6.84. The third-order valence-corrected chi connectivity index (χ3v) is 4.91. The van der Waals surface area contributed by atoms with E-state index in [2.05, 4.69) is 15.3 Å². The molecule has 1 fully saturated rings. The topological polar surface area (TPSA) is 110 Å². The Morgan fingerprint density at radius 1 is 1.36 bits per heavy atom. The van der Waals surface area contributed by atoms with Crippen LogP contribution >= 0.6 is 0 Å². The number of nitriles is 1. The number of halogens is 1. The number of rotatable bonds is 5. The van der Waals surface area contributed by atoms with Gasteiger partial charge in [-0.3, -0.25) is 4.98 Å². The molecule has 142 valence electrons. The van der Waals surface area contributed by atoms with Crippen LogP contribution in [0.3, 0.4) is 0 Å². The summed E-state index contributed by atoms with van der Waals surface area (Å²) in [5, 5.41) is 13.2. The number of pyridine rings is 1. The predicted octanol–water partition coefficient (Wildman–Crippen LogP) is 3.68. The molecular formula is C20H19FN6O. The Morgan fingerprint density at radius 2 is 2.14 bits per heavy atom. The molecule has 0 bridgehead atoms. The number of benzene rings is 1. The lowest BCUT2D eigenvalue weighted by atomic mass is 9.99. The van der Waals surface area contributed by atoms with Crippen molar-refractivity contribution < 1.29 is 9.13 Å². The van der Waals surface area contributed by atoms with Gasteiger partial charge in [0.15, 0.2) is 0 Å². The number of aromatic nitrogens is 3. The van der Waals surface area contributed by atoms with Crippen LogP contribution in [0.4, 0.5) is 16.0 Å². The Labute approximate surface area is 161 Å². The van der Waals surface area contributed by atoms with Crippen LogP contribution in [-0.2, 0) is 0 Å². The summed E-state index contributed by atoms with van der Waals surface area (Å²) in [5.41, 5.74) is 8.39. The quantitative estimate of drug-likeness (QED) is 0.697. The van der Waals surface area contributed by atoms with Gasteiger partial charge in [0, 0.05) is 10.9 Å². The molecule has 4 rings (SSSR count). The van der Waals surface area contributed by atoms with E-state index < -0.39 is 0 Å². The van der Waals surface area contributed by atoms with Crippen LogP contribution in [0.1, 0.15) is 48.5 Å². The van der Waals surface area contributed by atoms with Crippen LogP contribution in [0, 0.1) is 17.1 Å². The molecule has 28 heavy (non-hydrogen) atoms. The number of fused-ring (bicyclic) bond motifs is 1. The van der Waals surface area contributed by atoms with Gasteiger partial charge in [-0.25, -0.2) is 14.4 Å². The largest absolute Gasteiger partial charge is 0.496 e. The fraction of sp³-hybridized carbons (Fsp3) is 0.300. The maximum Gasteiger partial charge on any atom is 0.150 e. The molecule has 0 amide bonds. The summed E-state index contributed by atoms with van der Waals surface area (Å²) in [7, 11) is 1.59. The summed E-state index contributed by atoms with van der Waals surface area (Å²) in [6.07, 6.45) is 3.37. The molecule has 3 aromatic rings. The van der Waals surface area contributed by atoms with Crippen LogP contribution in [-0.4, -0.2) is 22.1 Å². The molecule has 0 unspecified atom stereocenters. The Bertz CT molecular complexity index is 1110. The minimum atomic E-state index is -0.330. The first-order valence-corrected chi connectivity index (χ1v) is 8.97. The van der Waals surface area contributed by atoms with Crippen LogP contribution in [0.2, 0.25) is 0 Å². The van der Waals surface area contributed by atoms with E-state index in [1.54, 1.807) is 13.2 Å². The molecule has 0 saturated heterocycles. The molecule has 0 spiro atoms. The summed E-state index contributed by atoms with van der Waals surface area (Å²) in [6.45, 7) is 1.93. The van der Waals surface area contributed by atoms with E-state index in [9.17, 15) is 9.65 Å². The lowest BCUT2D eigenvalue weighted by Gasteiger charge is -2.21. The van der Waals surface area contributed by atoms with Gasteiger partial charge in [-0.1, -0.05) is 0 Å². The normalized spacial score (nSPS) is 14.5. The first-order valence-electron chi connectivity index (χ1n) is 8.97. The Morgan fingerprint density at radius 3 is 2.82 bits per heavy atom. The van der Waals surface area contributed by atoms with Gasteiger partial charge in [0.05, 0.1) is 24.4 Å². The molecule has 1 aliphatic carbocycles. The SMILES string of the molecule is COc1c(C2CC2)c([C@H](C)Nc2ncnc(N)c2C#N)nc2ccc(F)cc12. The lowest BCUT2D eigenvalue weighted by Crippen LogP contribution is -2.15. The molecule has 1 saturated carbocycles. The highest BCUT2D eigenvalue weighted by atomic mass is 19.1. The van der Waals surface area contributed by atoms with Crippen molar-refractivity contribution >= 4 is 22.5 Å². The number of ether oxygens (including phenoxy) is 1. The third kappa shape index (κ3) is 3.05. The zero-order valence-electron chi connectivity index (χ0n) is 15.5. The van der Waals surface area contributed by atoms with Gasteiger partial charge in [0.25, 0.3) is 0 Å². The van der Waals surface area contributed by atoms with Crippen molar-refractivity contribution in [2.24, 2.45) is 0 Å². The van der Waals surface area contributed by atoms with Gasteiger partial charge in [0.1, 0.15) is 41.2 Å². The van der Waals surface area contributed by atoms with Crippen LogP contribution in [0.25, 0.3) is 10.9 Å². The third-order valence-electron chi connectivity index (χ3n) is 4.91. The summed E-state index contributed by atoms with van der Waals surface area (Å²) < 4.78 is 19.5. The van der Waals surface area contributed by atoms with Gasteiger partial charge in [-0.2, -0.15) is 5.26 Å². The highest BCUT2D eigenvalue weighted by molar-refractivity contribution is 5.87. The number of nitrogen functional groups attached to an aromatic ring is 1. The summed E-state index contributed by atoms with van der Waals surface area (Å²) >= 11 is 0. The molecule has 0 aliphatic heterocycles. The standard InChI is InChI=1S/C20H19FN6O/c1-10(26-20-14(8-22)19(23)24-9-25-20)17-16(11-3-4-11)18(28-2)13-7-12(21)5-6-15(13)27-17/h5-7,9-11H,3-4H2,1-2H3,(H3,23,24,25,26)/t10-/m0/s1. The first-order chi connectivity index (χ1) is 13.5. The summed E-state index contributed by atoms with van der Waals surface area (Å²) in [5.74, 6) is 1.11. The van der Waals surface area contributed by atoms with Gasteiger partial charge in [-0.05, 0) is 43.9 Å².